The molecule has 0 saturated carbocycles. The van der Waals surface area contributed by atoms with Crippen molar-refractivity contribution in [3.8, 4) is 0 Å². The lowest BCUT2D eigenvalue weighted by Crippen LogP contribution is -2.04. The summed E-state index contributed by atoms with van der Waals surface area (Å²) in [5.41, 5.74) is 3.37. The second kappa shape index (κ2) is 5.69. The molecular formula is C15H17N3O2. The number of rotatable bonds is 4. The largest absolute Gasteiger partial charge is 0.505 e. The van der Waals surface area contributed by atoms with Gasteiger partial charge in [0.15, 0.2) is 5.78 Å². The Balaban J connectivity index is 2.25. The molecule has 0 radical (unpaired) electrons. The van der Waals surface area contributed by atoms with E-state index in [2.05, 4.69) is 10.3 Å². The highest BCUT2D eigenvalue weighted by Crippen LogP contribution is 2.14. The van der Waals surface area contributed by atoms with E-state index in [9.17, 15) is 9.90 Å². The fourth-order valence-corrected chi connectivity index (χ4v) is 1.87. The van der Waals surface area contributed by atoms with Crippen LogP contribution in [0.4, 0.5) is 0 Å². The van der Waals surface area contributed by atoms with Crippen molar-refractivity contribution >= 4 is 11.5 Å². The van der Waals surface area contributed by atoms with Gasteiger partial charge in [0.2, 0.25) is 0 Å². The number of hydrogen-bond donors (Lipinski definition) is 1. The van der Waals surface area contributed by atoms with Crippen LogP contribution in [-0.4, -0.2) is 25.9 Å². The molecule has 0 amide bonds. The van der Waals surface area contributed by atoms with E-state index < -0.39 is 0 Å². The van der Waals surface area contributed by atoms with E-state index in [0.717, 1.165) is 17.3 Å². The molecule has 1 heterocycles. The van der Waals surface area contributed by atoms with Crippen molar-refractivity contribution < 1.29 is 9.90 Å². The van der Waals surface area contributed by atoms with E-state index in [1.54, 1.807) is 4.68 Å². The van der Waals surface area contributed by atoms with E-state index in [4.69, 9.17) is 0 Å². The maximum absolute atomic E-state index is 11.0. The molecule has 1 aromatic heterocycles. The zero-order valence-electron chi connectivity index (χ0n) is 11.8. The Morgan fingerprint density at radius 3 is 2.55 bits per heavy atom. The summed E-state index contributed by atoms with van der Waals surface area (Å²) in [6, 6.07) is 8.13. The van der Waals surface area contributed by atoms with E-state index in [-0.39, 0.29) is 11.5 Å². The molecule has 1 N–H and O–H groups in total. The van der Waals surface area contributed by atoms with Gasteiger partial charge in [0.25, 0.3) is 0 Å². The van der Waals surface area contributed by atoms with Crippen molar-refractivity contribution in [2.45, 2.75) is 27.3 Å². The number of carbonyl (C=O) groups is 1. The van der Waals surface area contributed by atoms with Gasteiger partial charge in [-0.15, -0.1) is 5.10 Å². The Morgan fingerprint density at radius 1 is 1.30 bits per heavy atom. The molecule has 2 rings (SSSR count). The maximum atomic E-state index is 11.0. The first kappa shape index (κ1) is 14.0. The van der Waals surface area contributed by atoms with E-state index in [1.807, 2.05) is 38.1 Å². The molecule has 0 aliphatic heterocycles. The lowest BCUT2D eigenvalue weighted by molar-refractivity contribution is -0.112. The van der Waals surface area contributed by atoms with Crippen molar-refractivity contribution in [2.24, 2.45) is 0 Å². The van der Waals surface area contributed by atoms with Gasteiger partial charge in [-0.1, -0.05) is 35.0 Å². The Labute approximate surface area is 117 Å². The topological polar surface area (TPSA) is 68.0 Å². The van der Waals surface area contributed by atoms with Gasteiger partial charge >= 0.3 is 0 Å². The van der Waals surface area contributed by atoms with Gasteiger partial charge < -0.3 is 5.11 Å². The fraction of sp³-hybridized carbons (Fsp3) is 0.267. The predicted octanol–water partition coefficient (Wildman–Crippen LogP) is 2.43. The van der Waals surface area contributed by atoms with Crippen LogP contribution in [0.15, 0.2) is 30.3 Å². The number of aliphatic hydroxyl groups is 1. The van der Waals surface area contributed by atoms with Crippen LogP contribution >= 0.6 is 0 Å². The number of aliphatic hydroxyl groups excluding tert-OH is 1. The standard InChI is InChI=1S/C15H17N3O2/c1-10-4-6-13(7-5-10)9-18-12(3)15(16-17-18)14(20)8-11(2)19/h4-8,20H,9H2,1-3H3/b14-8-. The molecule has 2 aromatic rings. The Hall–Kier alpha value is -2.43. The number of hydrogen-bond acceptors (Lipinski definition) is 4. The third kappa shape index (κ3) is 3.12. The van der Waals surface area contributed by atoms with Gasteiger partial charge in [0, 0.05) is 6.08 Å². The summed E-state index contributed by atoms with van der Waals surface area (Å²) in [6.07, 6.45) is 1.15. The summed E-state index contributed by atoms with van der Waals surface area (Å²) in [5, 5.41) is 17.8. The predicted molar refractivity (Wildman–Crippen MR) is 76.3 cm³/mol. The number of aromatic nitrogens is 3. The van der Waals surface area contributed by atoms with Crippen molar-refractivity contribution in [3.63, 3.8) is 0 Å². The van der Waals surface area contributed by atoms with Crippen LogP contribution < -0.4 is 0 Å². The second-order valence-electron chi connectivity index (χ2n) is 4.81. The zero-order valence-corrected chi connectivity index (χ0v) is 11.8. The summed E-state index contributed by atoms with van der Waals surface area (Å²) in [5.74, 6) is -0.375. The second-order valence-corrected chi connectivity index (χ2v) is 4.81. The molecule has 104 valence electrons. The van der Waals surface area contributed by atoms with Crippen LogP contribution in [0.5, 0.6) is 0 Å². The molecule has 0 atom stereocenters. The summed E-state index contributed by atoms with van der Waals surface area (Å²) >= 11 is 0. The van der Waals surface area contributed by atoms with E-state index in [0.29, 0.717) is 12.2 Å². The number of carbonyl (C=O) groups excluding carboxylic acids is 1. The lowest BCUT2D eigenvalue weighted by atomic mass is 10.1. The minimum atomic E-state index is -0.227. The first-order valence-electron chi connectivity index (χ1n) is 6.34. The van der Waals surface area contributed by atoms with Crippen molar-refractivity contribution in [2.75, 3.05) is 0 Å². The number of allylic oxidation sites excluding steroid dienone is 1. The molecule has 0 saturated heterocycles. The first-order valence-corrected chi connectivity index (χ1v) is 6.34. The molecule has 0 spiro atoms. The molecule has 0 aliphatic rings. The molecule has 5 heteroatoms. The van der Waals surface area contributed by atoms with Gasteiger partial charge in [-0.25, -0.2) is 4.68 Å². The monoisotopic (exact) mass is 271 g/mol. The van der Waals surface area contributed by atoms with Gasteiger partial charge in [0.05, 0.1) is 12.2 Å². The minimum absolute atomic E-state index is 0.148. The molecule has 0 bridgehead atoms. The number of ketones is 1. The first-order chi connectivity index (χ1) is 9.47. The molecule has 0 aliphatic carbocycles. The van der Waals surface area contributed by atoms with Crippen molar-refractivity contribution in [1.82, 2.24) is 15.0 Å². The summed E-state index contributed by atoms with van der Waals surface area (Å²) in [6.45, 7) is 5.80. The Morgan fingerprint density at radius 2 is 1.95 bits per heavy atom. The van der Waals surface area contributed by atoms with Crippen LogP contribution in [0.2, 0.25) is 0 Å². The summed E-state index contributed by atoms with van der Waals surface area (Å²) < 4.78 is 1.70. The van der Waals surface area contributed by atoms with Gasteiger partial charge in [-0.05, 0) is 26.3 Å². The number of aryl methyl sites for hydroxylation is 1. The third-order valence-corrected chi connectivity index (χ3v) is 3.02. The SMILES string of the molecule is CC(=O)/C=C(\O)c1nnn(Cc2ccc(C)cc2)c1C. The Bertz CT molecular complexity index is 654. The lowest BCUT2D eigenvalue weighted by Gasteiger charge is -2.04. The highest BCUT2D eigenvalue weighted by molar-refractivity contribution is 5.93. The molecule has 20 heavy (non-hydrogen) atoms. The molecule has 0 fully saturated rings. The average molecular weight is 271 g/mol. The summed E-state index contributed by atoms with van der Waals surface area (Å²) in [7, 11) is 0. The highest BCUT2D eigenvalue weighted by atomic mass is 16.3. The molecular weight excluding hydrogens is 254 g/mol. The Kier molecular flexibility index (Phi) is 3.98. The van der Waals surface area contributed by atoms with Crippen molar-refractivity contribution in [3.05, 3.63) is 52.9 Å². The van der Waals surface area contributed by atoms with E-state index >= 15 is 0 Å². The quantitative estimate of drug-likeness (QED) is 0.685. The zero-order chi connectivity index (χ0) is 14.7. The van der Waals surface area contributed by atoms with E-state index in [1.165, 1.54) is 12.5 Å². The minimum Gasteiger partial charge on any atom is -0.505 e. The average Bonchev–Trinajstić information content (AvgIpc) is 2.73. The highest BCUT2D eigenvalue weighted by Gasteiger charge is 2.13. The van der Waals surface area contributed by atoms with Crippen LogP contribution in [0.1, 0.15) is 29.4 Å². The smallest absolute Gasteiger partial charge is 0.156 e. The molecule has 1 aromatic carbocycles. The number of benzene rings is 1. The molecule has 0 unspecified atom stereocenters. The molecule has 5 nitrogen and oxygen atoms in total. The fourth-order valence-electron chi connectivity index (χ4n) is 1.87. The van der Waals surface area contributed by atoms with Gasteiger partial charge in [0.1, 0.15) is 11.5 Å². The van der Waals surface area contributed by atoms with Crippen molar-refractivity contribution in [1.29, 1.82) is 0 Å². The maximum Gasteiger partial charge on any atom is 0.156 e. The number of nitrogens with zero attached hydrogens (tertiary/aromatic N) is 3. The van der Waals surface area contributed by atoms with Crippen LogP contribution in [0.25, 0.3) is 5.76 Å². The van der Waals surface area contributed by atoms with Crippen LogP contribution in [0, 0.1) is 13.8 Å². The normalized spacial score (nSPS) is 11.7. The van der Waals surface area contributed by atoms with Crippen LogP contribution in [0.3, 0.4) is 0 Å². The summed E-state index contributed by atoms with van der Waals surface area (Å²) in [4.78, 5) is 11.0. The van der Waals surface area contributed by atoms with Gasteiger partial charge in [-0.3, -0.25) is 4.79 Å². The van der Waals surface area contributed by atoms with Crippen LogP contribution in [-0.2, 0) is 11.3 Å². The van der Waals surface area contributed by atoms with Gasteiger partial charge in [-0.2, -0.15) is 0 Å². The third-order valence-electron chi connectivity index (χ3n) is 3.02.